The van der Waals surface area contributed by atoms with Crippen molar-refractivity contribution in [2.24, 2.45) is 0 Å². The predicted molar refractivity (Wildman–Crippen MR) is 74.6 cm³/mol. The van der Waals surface area contributed by atoms with Gasteiger partial charge in [-0.3, -0.25) is 0 Å². The van der Waals surface area contributed by atoms with Crippen LogP contribution in [-0.4, -0.2) is 27.7 Å². The van der Waals surface area contributed by atoms with Crippen LogP contribution >= 0.6 is 11.6 Å². The minimum Gasteiger partial charge on any atom is -0.396 e. The number of nitrogens with two attached hydrogens (primary N) is 1. The number of sulfonamides is 1. The third-order valence-electron chi connectivity index (χ3n) is 3.40. The van der Waals surface area contributed by atoms with Crippen molar-refractivity contribution in [3.8, 4) is 0 Å². The third-order valence-corrected chi connectivity index (χ3v) is 5.36. The van der Waals surface area contributed by atoms with E-state index in [0.29, 0.717) is 6.42 Å². The average Bonchev–Trinajstić information content (AvgIpc) is 2.80. The van der Waals surface area contributed by atoms with Gasteiger partial charge in [0.25, 0.3) is 0 Å². The number of benzene rings is 1. The van der Waals surface area contributed by atoms with E-state index in [9.17, 15) is 12.8 Å². The minimum atomic E-state index is -3.87. The first-order valence-electron chi connectivity index (χ1n) is 6.15. The van der Waals surface area contributed by atoms with E-state index in [2.05, 4.69) is 4.72 Å². The maximum Gasteiger partial charge on any atom is 0.242 e. The standard InChI is InChI=1S/C12H16ClFN2O3S/c1-19-11-4-2-3-10(11)16-20(17,18)12-6-9(15)8(14)5-7(12)13/h5-6,10-11,16H,2-4,15H2,1H3. The molecule has 0 radical (unpaired) electrons. The van der Waals surface area contributed by atoms with Crippen molar-refractivity contribution in [2.45, 2.75) is 36.3 Å². The molecule has 0 saturated heterocycles. The largest absolute Gasteiger partial charge is 0.396 e. The van der Waals surface area contributed by atoms with Crippen molar-refractivity contribution in [1.82, 2.24) is 4.72 Å². The molecular weight excluding hydrogens is 307 g/mol. The molecule has 1 aromatic carbocycles. The van der Waals surface area contributed by atoms with Gasteiger partial charge in [-0.25, -0.2) is 17.5 Å². The maximum absolute atomic E-state index is 13.2. The molecule has 2 atom stereocenters. The van der Waals surface area contributed by atoms with E-state index in [0.717, 1.165) is 25.0 Å². The molecule has 1 aromatic rings. The lowest BCUT2D eigenvalue weighted by Gasteiger charge is -2.20. The summed E-state index contributed by atoms with van der Waals surface area (Å²) >= 11 is 5.80. The highest BCUT2D eigenvalue weighted by molar-refractivity contribution is 7.89. The normalized spacial score (nSPS) is 23.1. The van der Waals surface area contributed by atoms with Crippen LogP contribution in [0.2, 0.25) is 5.02 Å². The number of nitrogens with one attached hydrogen (secondary N) is 1. The molecule has 1 saturated carbocycles. The monoisotopic (exact) mass is 322 g/mol. The zero-order valence-electron chi connectivity index (χ0n) is 10.9. The molecule has 1 aliphatic carbocycles. The molecule has 3 N–H and O–H groups in total. The lowest BCUT2D eigenvalue weighted by atomic mass is 10.2. The quantitative estimate of drug-likeness (QED) is 0.830. The lowest BCUT2D eigenvalue weighted by Crippen LogP contribution is -2.40. The predicted octanol–water partition coefficient (Wildman–Crippen LogP) is 1.91. The van der Waals surface area contributed by atoms with E-state index in [1.165, 1.54) is 0 Å². The Morgan fingerprint density at radius 1 is 1.45 bits per heavy atom. The molecule has 112 valence electrons. The number of hydrogen-bond donors (Lipinski definition) is 2. The van der Waals surface area contributed by atoms with Crippen LogP contribution in [-0.2, 0) is 14.8 Å². The summed E-state index contributed by atoms with van der Waals surface area (Å²) in [4.78, 5) is -0.222. The summed E-state index contributed by atoms with van der Waals surface area (Å²) in [5, 5.41) is -0.198. The van der Waals surface area contributed by atoms with Crippen molar-refractivity contribution in [1.29, 1.82) is 0 Å². The first-order chi connectivity index (χ1) is 9.35. The summed E-state index contributed by atoms with van der Waals surface area (Å²) in [6.45, 7) is 0. The van der Waals surface area contributed by atoms with E-state index in [4.69, 9.17) is 22.1 Å². The van der Waals surface area contributed by atoms with Gasteiger partial charge in [-0.05, 0) is 31.4 Å². The topological polar surface area (TPSA) is 81.4 Å². The van der Waals surface area contributed by atoms with Crippen molar-refractivity contribution in [3.05, 3.63) is 23.0 Å². The van der Waals surface area contributed by atoms with Crippen molar-refractivity contribution < 1.29 is 17.5 Å². The molecule has 1 aliphatic rings. The van der Waals surface area contributed by atoms with E-state index in [-0.39, 0.29) is 27.8 Å². The number of methoxy groups -OCH3 is 1. The Morgan fingerprint density at radius 2 is 2.15 bits per heavy atom. The van der Waals surface area contributed by atoms with Gasteiger partial charge < -0.3 is 10.5 Å². The van der Waals surface area contributed by atoms with Gasteiger partial charge in [0.05, 0.1) is 16.8 Å². The maximum atomic E-state index is 13.2. The Morgan fingerprint density at radius 3 is 2.80 bits per heavy atom. The molecule has 0 heterocycles. The highest BCUT2D eigenvalue weighted by atomic mass is 35.5. The Hall–Kier alpha value is -0.890. The molecule has 5 nitrogen and oxygen atoms in total. The SMILES string of the molecule is COC1CCCC1NS(=O)(=O)c1cc(N)c(F)cc1Cl. The van der Waals surface area contributed by atoms with E-state index >= 15 is 0 Å². The Labute approximate surface area is 122 Å². The van der Waals surface area contributed by atoms with Gasteiger partial charge >= 0.3 is 0 Å². The fourth-order valence-corrected chi connectivity index (χ4v) is 4.20. The Balaban J connectivity index is 2.29. The number of hydrogen-bond acceptors (Lipinski definition) is 4. The second kappa shape index (κ2) is 5.85. The van der Waals surface area contributed by atoms with Crippen LogP contribution in [0.1, 0.15) is 19.3 Å². The molecule has 2 rings (SSSR count). The van der Waals surface area contributed by atoms with Gasteiger partial charge in [-0.15, -0.1) is 0 Å². The van der Waals surface area contributed by atoms with E-state index < -0.39 is 15.8 Å². The Bertz CT molecular complexity index is 609. The van der Waals surface area contributed by atoms with Crippen molar-refractivity contribution in [3.63, 3.8) is 0 Å². The average molecular weight is 323 g/mol. The molecule has 0 spiro atoms. The lowest BCUT2D eigenvalue weighted by molar-refractivity contribution is 0.0916. The molecule has 1 fully saturated rings. The molecule has 20 heavy (non-hydrogen) atoms. The fourth-order valence-electron chi connectivity index (χ4n) is 2.36. The fraction of sp³-hybridized carbons (Fsp3) is 0.500. The van der Waals surface area contributed by atoms with Gasteiger partial charge in [0.15, 0.2) is 0 Å². The van der Waals surface area contributed by atoms with Gasteiger partial charge in [0.2, 0.25) is 10.0 Å². The highest BCUT2D eigenvalue weighted by Gasteiger charge is 2.32. The number of halogens is 2. The van der Waals surface area contributed by atoms with Crippen LogP contribution < -0.4 is 10.5 Å². The molecule has 0 bridgehead atoms. The zero-order valence-corrected chi connectivity index (χ0v) is 12.5. The van der Waals surface area contributed by atoms with Crippen LogP contribution in [0.25, 0.3) is 0 Å². The second-order valence-corrected chi connectivity index (χ2v) is 6.83. The van der Waals surface area contributed by atoms with Crippen molar-refractivity contribution in [2.75, 3.05) is 12.8 Å². The summed E-state index contributed by atoms with van der Waals surface area (Å²) < 4.78 is 45.6. The van der Waals surface area contributed by atoms with Gasteiger partial charge in [0, 0.05) is 13.2 Å². The molecular formula is C12H16ClFN2O3S. The summed E-state index contributed by atoms with van der Waals surface area (Å²) in [7, 11) is -2.32. The van der Waals surface area contributed by atoms with Crippen LogP contribution in [0.4, 0.5) is 10.1 Å². The minimum absolute atomic E-state index is 0.165. The van der Waals surface area contributed by atoms with Gasteiger partial charge in [-0.1, -0.05) is 11.6 Å². The highest BCUT2D eigenvalue weighted by Crippen LogP contribution is 2.28. The summed E-state index contributed by atoms with van der Waals surface area (Å²) in [5.74, 6) is -0.746. The molecule has 8 heteroatoms. The van der Waals surface area contributed by atoms with E-state index in [1.54, 1.807) is 7.11 Å². The number of anilines is 1. The van der Waals surface area contributed by atoms with Crippen LogP contribution in [0, 0.1) is 5.82 Å². The van der Waals surface area contributed by atoms with Crippen molar-refractivity contribution >= 4 is 27.3 Å². The Kier molecular flexibility index (Phi) is 4.53. The zero-order chi connectivity index (χ0) is 14.9. The molecule has 0 aromatic heterocycles. The molecule has 0 amide bonds. The second-order valence-electron chi connectivity index (χ2n) is 4.74. The van der Waals surface area contributed by atoms with Gasteiger partial charge in [-0.2, -0.15) is 0 Å². The molecule has 0 aliphatic heterocycles. The number of ether oxygens (including phenoxy) is 1. The number of nitrogen functional groups attached to an aromatic ring is 1. The van der Waals surface area contributed by atoms with Crippen LogP contribution in [0.3, 0.4) is 0 Å². The van der Waals surface area contributed by atoms with Crippen LogP contribution in [0.5, 0.6) is 0 Å². The smallest absolute Gasteiger partial charge is 0.242 e. The van der Waals surface area contributed by atoms with E-state index in [1.807, 2.05) is 0 Å². The van der Waals surface area contributed by atoms with Crippen LogP contribution in [0.15, 0.2) is 17.0 Å². The first kappa shape index (κ1) is 15.5. The first-order valence-corrected chi connectivity index (χ1v) is 8.01. The van der Waals surface area contributed by atoms with Gasteiger partial charge in [0.1, 0.15) is 10.7 Å². The summed E-state index contributed by atoms with van der Waals surface area (Å²) in [6.07, 6.45) is 2.20. The summed E-state index contributed by atoms with van der Waals surface area (Å²) in [5.41, 5.74) is 5.14. The summed E-state index contributed by atoms with van der Waals surface area (Å²) in [6, 6.07) is 1.61. The third kappa shape index (κ3) is 3.06. The number of rotatable bonds is 4. The molecule has 2 unspecified atom stereocenters.